The molecule has 0 aliphatic heterocycles. The van der Waals surface area contributed by atoms with Crippen LogP contribution >= 0.6 is 11.8 Å². The van der Waals surface area contributed by atoms with Crippen LogP contribution in [0.1, 0.15) is 33.5 Å². The van der Waals surface area contributed by atoms with Crippen LogP contribution in [0.5, 0.6) is 0 Å². The van der Waals surface area contributed by atoms with Gasteiger partial charge in [0.15, 0.2) is 0 Å². The van der Waals surface area contributed by atoms with Crippen molar-refractivity contribution >= 4 is 23.4 Å². The zero-order valence-electron chi connectivity index (χ0n) is 11.7. The molecule has 0 aliphatic carbocycles. The van der Waals surface area contributed by atoms with E-state index >= 15 is 0 Å². The Hall–Kier alpha value is -1.01. The smallest absolute Gasteiger partial charge is 0.145 e. The maximum Gasteiger partial charge on any atom is 0.145 e. The highest BCUT2D eigenvalue weighted by Gasteiger charge is 2.19. The van der Waals surface area contributed by atoms with Crippen LogP contribution in [0.3, 0.4) is 0 Å². The van der Waals surface area contributed by atoms with Crippen LogP contribution in [-0.2, 0) is 5.41 Å². The van der Waals surface area contributed by atoms with Gasteiger partial charge in [-0.2, -0.15) is 11.8 Å². The second kappa shape index (κ2) is 6.24. The summed E-state index contributed by atoms with van der Waals surface area (Å²) in [6.45, 7) is 8.37. The molecule has 0 amide bonds. The van der Waals surface area contributed by atoms with E-state index in [0.717, 1.165) is 17.4 Å². The van der Waals surface area contributed by atoms with E-state index in [1.54, 1.807) is 11.8 Å². The summed E-state index contributed by atoms with van der Waals surface area (Å²) in [4.78, 5) is 8.93. The van der Waals surface area contributed by atoms with Gasteiger partial charge in [0.05, 0.1) is 0 Å². The number of hydrogen-bond acceptors (Lipinski definition) is 6. The van der Waals surface area contributed by atoms with Crippen molar-refractivity contribution in [1.82, 2.24) is 9.97 Å². The predicted octanol–water partition coefficient (Wildman–Crippen LogP) is 2.22. The van der Waals surface area contributed by atoms with Crippen molar-refractivity contribution in [2.24, 2.45) is 5.84 Å². The number of nitrogens with two attached hydrogens (primary N) is 1. The van der Waals surface area contributed by atoms with Crippen molar-refractivity contribution in [2.45, 2.75) is 39.2 Å². The summed E-state index contributed by atoms with van der Waals surface area (Å²) in [6.07, 6.45) is 2.09. The number of rotatable bonds is 5. The highest BCUT2D eigenvalue weighted by atomic mass is 32.2. The van der Waals surface area contributed by atoms with Crippen LogP contribution in [0, 0.1) is 0 Å². The molecule has 6 heteroatoms. The number of anilines is 2. The van der Waals surface area contributed by atoms with E-state index in [9.17, 15) is 0 Å². The molecule has 18 heavy (non-hydrogen) atoms. The highest BCUT2D eigenvalue weighted by molar-refractivity contribution is 7.98. The average molecular weight is 269 g/mol. The van der Waals surface area contributed by atoms with Gasteiger partial charge in [0.1, 0.15) is 17.5 Å². The van der Waals surface area contributed by atoms with Gasteiger partial charge in [-0.3, -0.25) is 0 Å². The molecule has 1 atom stereocenters. The van der Waals surface area contributed by atoms with Gasteiger partial charge in [-0.25, -0.2) is 15.8 Å². The third-order valence-electron chi connectivity index (χ3n) is 2.36. The first-order valence-electron chi connectivity index (χ1n) is 5.98. The number of thioether (sulfide) groups is 1. The maximum absolute atomic E-state index is 5.45. The minimum Gasteiger partial charge on any atom is -0.367 e. The molecule has 0 aromatic carbocycles. The van der Waals surface area contributed by atoms with Gasteiger partial charge in [-0.05, 0) is 13.2 Å². The van der Waals surface area contributed by atoms with Crippen LogP contribution < -0.4 is 16.6 Å². The van der Waals surface area contributed by atoms with Gasteiger partial charge in [-0.15, -0.1) is 0 Å². The van der Waals surface area contributed by atoms with Crippen molar-refractivity contribution in [2.75, 3.05) is 22.8 Å². The minimum absolute atomic E-state index is 0.105. The quantitative estimate of drug-likeness (QED) is 0.562. The lowest BCUT2D eigenvalue weighted by molar-refractivity contribution is 0.546. The van der Waals surface area contributed by atoms with Gasteiger partial charge in [0.2, 0.25) is 0 Å². The molecule has 0 bridgehead atoms. The number of nitrogens with one attached hydrogen (secondary N) is 2. The largest absolute Gasteiger partial charge is 0.367 e. The molecule has 1 aromatic heterocycles. The summed E-state index contributed by atoms with van der Waals surface area (Å²) in [5.74, 6) is 8.69. The molecule has 4 N–H and O–H groups in total. The van der Waals surface area contributed by atoms with E-state index in [0.29, 0.717) is 11.9 Å². The van der Waals surface area contributed by atoms with Crippen LogP contribution in [0.25, 0.3) is 0 Å². The molecule has 1 rings (SSSR count). The number of nitrogen functional groups attached to an aromatic ring is 1. The standard InChI is InChI=1S/C12H23N5S/c1-8(7-18-5)14-9-6-10(17-13)16-11(15-9)12(2,3)4/h6,8H,7,13H2,1-5H3,(H2,14,15,16,17). The summed E-state index contributed by atoms with van der Waals surface area (Å²) >= 11 is 1.80. The topological polar surface area (TPSA) is 75.9 Å². The number of hydrazine groups is 1. The molecule has 0 radical (unpaired) electrons. The second-order valence-corrected chi connectivity index (χ2v) is 6.27. The molecule has 1 aromatic rings. The zero-order chi connectivity index (χ0) is 13.8. The lowest BCUT2D eigenvalue weighted by Gasteiger charge is -2.20. The van der Waals surface area contributed by atoms with Gasteiger partial charge in [-0.1, -0.05) is 20.8 Å². The predicted molar refractivity (Wildman–Crippen MR) is 80.0 cm³/mol. The first kappa shape index (κ1) is 15.0. The fraction of sp³-hybridized carbons (Fsp3) is 0.667. The third-order valence-corrected chi connectivity index (χ3v) is 3.19. The minimum atomic E-state index is -0.105. The van der Waals surface area contributed by atoms with Gasteiger partial charge < -0.3 is 10.7 Å². The first-order valence-corrected chi connectivity index (χ1v) is 7.38. The van der Waals surface area contributed by atoms with Crippen molar-refractivity contribution in [3.05, 3.63) is 11.9 Å². The summed E-state index contributed by atoms with van der Waals surface area (Å²) in [7, 11) is 0. The van der Waals surface area contributed by atoms with Crippen LogP contribution in [0.2, 0.25) is 0 Å². The third kappa shape index (κ3) is 4.34. The van der Waals surface area contributed by atoms with Gasteiger partial charge in [0.25, 0.3) is 0 Å². The van der Waals surface area contributed by atoms with Crippen molar-refractivity contribution in [1.29, 1.82) is 0 Å². The SMILES string of the molecule is CSCC(C)Nc1cc(NN)nc(C(C)(C)C)n1. The molecule has 102 valence electrons. The van der Waals surface area contributed by atoms with E-state index in [1.807, 2.05) is 6.07 Å². The van der Waals surface area contributed by atoms with E-state index in [2.05, 4.69) is 54.7 Å². The maximum atomic E-state index is 5.45. The Morgan fingerprint density at radius 3 is 2.44 bits per heavy atom. The second-order valence-electron chi connectivity index (χ2n) is 5.36. The molecule has 1 heterocycles. The molecule has 0 aliphatic rings. The Bertz CT molecular complexity index is 389. The van der Waals surface area contributed by atoms with Crippen LogP contribution in [0.4, 0.5) is 11.6 Å². The summed E-state index contributed by atoms with van der Waals surface area (Å²) < 4.78 is 0. The Balaban J connectivity index is 2.97. The van der Waals surface area contributed by atoms with E-state index in [1.165, 1.54) is 0 Å². The number of hydrogen-bond donors (Lipinski definition) is 3. The molecular formula is C12H23N5S. The summed E-state index contributed by atoms with van der Waals surface area (Å²) in [5, 5.41) is 3.36. The first-order chi connectivity index (χ1) is 8.36. The summed E-state index contributed by atoms with van der Waals surface area (Å²) in [5.41, 5.74) is 2.48. The Kier molecular flexibility index (Phi) is 5.22. The molecule has 0 saturated heterocycles. The average Bonchev–Trinajstić information content (AvgIpc) is 2.27. The lowest BCUT2D eigenvalue weighted by atomic mass is 9.96. The summed E-state index contributed by atoms with van der Waals surface area (Å²) in [6, 6.07) is 2.18. The van der Waals surface area contributed by atoms with Crippen LogP contribution in [0.15, 0.2) is 6.07 Å². The molecule has 0 spiro atoms. The Labute approximate surface area is 113 Å². The molecule has 5 nitrogen and oxygen atoms in total. The van der Waals surface area contributed by atoms with E-state index in [-0.39, 0.29) is 5.41 Å². The fourth-order valence-electron chi connectivity index (χ4n) is 1.47. The molecule has 0 saturated carbocycles. The number of nitrogens with zero attached hydrogens (tertiary/aromatic N) is 2. The Morgan fingerprint density at radius 2 is 1.94 bits per heavy atom. The van der Waals surface area contributed by atoms with Gasteiger partial charge >= 0.3 is 0 Å². The van der Waals surface area contributed by atoms with Crippen molar-refractivity contribution in [3.63, 3.8) is 0 Å². The molecular weight excluding hydrogens is 246 g/mol. The Morgan fingerprint density at radius 1 is 1.33 bits per heavy atom. The monoisotopic (exact) mass is 269 g/mol. The molecule has 1 unspecified atom stereocenters. The molecule has 0 fully saturated rings. The fourth-order valence-corrected chi connectivity index (χ4v) is 2.06. The highest BCUT2D eigenvalue weighted by Crippen LogP contribution is 2.22. The van der Waals surface area contributed by atoms with Crippen LogP contribution in [-0.4, -0.2) is 28.0 Å². The van der Waals surface area contributed by atoms with Crippen molar-refractivity contribution in [3.8, 4) is 0 Å². The zero-order valence-corrected chi connectivity index (χ0v) is 12.6. The lowest BCUT2D eigenvalue weighted by Crippen LogP contribution is -2.23. The normalized spacial score (nSPS) is 13.2. The van der Waals surface area contributed by atoms with E-state index < -0.39 is 0 Å². The number of aromatic nitrogens is 2. The van der Waals surface area contributed by atoms with Crippen molar-refractivity contribution < 1.29 is 0 Å². The van der Waals surface area contributed by atoms with Gasteiger partial charge in [0, 0.05) is 23.3 Å². The van der Waals surface area contributed by atoms with E-state index in [4.69, 9.17) is 5.84 Å².